The Balaban J connectivity index is 2.04. The van der Waals surface area contributed by atoms with Crippen LogP contribution in [-0.2, 0) is 20.1 Å². The van der Waals surface area contributed by atoms with Gasteiger partial charge in [0.15, 0.2) is 0 Å². The first-order chi connectivity index (χ1) is 10.1. The Labute approximate surface area is 127 Å². The standard InChI is InChI=1S/C16H25N5/c1-13(2)7-18-9-15-5-6-17-10-16(15)20(3)11-14-8-19-21(4)12-14/h5-6,8,10,12-13,18H,7,9,11H2,1-4H3. The Hall–Kier alpha value is -1.88. The molecule has 0 amide bonds. The Bertz CT molecular complexity index is 561. The van der Waals surface area contributed by atoms with Gasteiger partial charge in [0.2, 0.25) is 0 Å². The van der Waals surface area contributed by atoms with Crippen molar-refractivity contribution in [3.05, 3.63) is 42.0 Å². The second-order valence-corrected chi connectivity index (χ2v) is 5.91. The molecule has 0 bridgehead atoms. The maximum absolute atomic E-state index is 4.27. The van der Waals surface area contributed by atoms with Gasteiger partial charge in [0, 0.05) is 45.1 Å². The van der Waals surface area contributed by atoms with E-state index in [0.717, 1.165) is 25.3 Å². The zero-order valence-corrected chi connectivity index (χ0v) is 13.4. The molecule has 0 aliphatic rings. The molecule has 0 radical (unpaired) electrons. The fourth-order valence-electron chi connectivity index (χ4n) is 2.32. The number of nitrogens with zero attached hydrogens (tertiary/aromatic N) is 4. The van der Waals surface area contributed by atoms with Crippen LogP contribution in [0.25, 0.3) is 0 Å². The van der Waals surface area contributed by atoms with E-state index in [4.69, 9.17) is 0 Å². The molecule has 2 heterocycles. The lowest BCUT2D eigenvalue weighted by Crippen LogP contribution is -2.23. The van der Waals surface area contributed by atoms with Crippen molar-refractivity contribution in [2.24, 2.45) is 13.0 Å². The third-order valence-electron chi connectivity index (χ3n) is 3.34. The molecule has 2 rings (SSSR count). The molecule has 0 saturated carbocycles. The Morgan fingerprint density at radius 3 is 2.81 bits per heavy atom. The molecule has 0 aliphatic heterocycles. The van der Waals surface area contributed by atoms with Gasteiger partial charge < -0.3 is 10.2 Å². The molecule has 5 heteroatoms. The zero-order valence-electron chi connectivity index (χ0n) is 13.4. The van der Waals surface area contributed by atoms with Gasteiger partial charge >= 0.3 is 0 Å². The monoisotopic (exact) mass is 287 g/mol. The second-order valence-electron chi connectivity index (χ2n) is 5.91. The van der Waals surface area contributed by atoms with Crippen LogP contribution < -0.4 is 10.2 Å². The molecule has 0 fully saturated rings. The van der Waals surface area contributed by atoms with E-state index in [2.05, 4.69) is 47.3 Å². The normalized spacial score (nSPS) is 11.1. The summed E-state index contributed by atoms with van der Waals surface area (Å²) in [5.41, 5.74) is 3.64. The molecule has 0 spiro atoms. The topological polar surface area (TPSA) is 46.0 Å². The third kappa shape index (κ3) is 4.56. The van der Waals surface area contributed by atoms with Crippen LogP contribution in [0.3, 0.4) is 0 Å². The Morgan fingerprint density at radius 1 is 1.33 bits per heavy atom. The number of hydrogen-bond donors (Lipinski definition) is 1. The summed E-state index contributed by atoms with van der Waals surface area (Å²) < 4.78 is 1.83. The van der Waals surface area contributed by atoms with Gasteiger partial charge in [0.1, 0.15) is 0 Å². The van der Waals surface area contributed by atoms with Crippen molar-refractivity contribution in [1.29, 1.82) is 0 Å². The van der Waals surface area contributed by atoms with Crippen molar-refractivity contribution in [1.82, 2.24) is 20.1 Å². The maximum atomic E-state index is 4.27. The number of aryl methyl sites for hydroxylation is 1. The molecule has 114 valence electrons. The minimum atomic E-state index is 0.656. The lowest BCUT2D eigenvalue weighted by molar-refractivity contribution is 0.552. The summed E-state index contributed by atoms with van der Waals surface area (Å²) in [6.07, 6.45) is 7.74. The highest BCUT2D eigenvalue weighted by atomic mass is 15.2. The Kier molecular flexibility index (Phi) is 5.33. The minimum Gasteiger partial charge on any atom is -0.369 e. The van der Waals surface area contributed by atoms with Gasteiger partial charge in [-0.3, -0.25) is 9.67 Å². The molecule has 5 nitrogen and oxygen atoms in total. The molecule has 1 N–H and O–H groups in total. The number of hydrogen-bond acceptors (Lipinski definition) is 4. The first kappa shape index (κ1) is 15.5. The molecule has 0 aliphatic carbocycles. The van der Waals surface area contributed by atoms with Gasteiger partial charge in [-0.05, 0) is 24.1 Å². The number of aromatic nitrogens is 3. The van der Waals surface area contributed by atoms with E-state index in [1.807, 2.05) is 36.5 Å². The van der Waals surface area contributed by atoms with Gasteiger partial charge in [-0.15, -0.1) is 0 Å². The van der Waals surface area contributed by atoms with Gasteiger partial charge in [-0.25, -0.2) is 0 Å². The van der Waals surface area contributed by atoms with Crippen molar-refractivity contribution >= 4 is 5.69 Å². The minimum absolute atomic E-state index is 0.656. The van der Waals surface area contributed by atoms with Crippen molar-refractivity contribution < 1.29 is 0 Å². The summed E-state index contributed by atoms with van der Waals surface area (Å²) in [6, 6.07) is 2.09. The highest BCUT2D eigenvalue weighted by molar-refractivity contribution is 5.51. The van der Waals surface area contributed by atoms with Crippen LogP contribution in [0.4, 0.5) is 5.69 Å². The highest BCUT2D eigenvalue weighted by Gasteiger charge is 2.09. The average Bonchev–Trinajstić information content (AvgIpc) is 2.84. The summed E-state index contributed by atoms with van der Waals surface area (Å²) in [5, 5.41) is 7.71. The fourth-order valence-corrected chi connectivity index (χ4v) is 2.32. The van der Waals surface area contributed by atoms with Crippen molar-refractivity contribution in [2.75, 3.05) is 18.5 Å². The largest absolute Gasteiger partial charge is 0.369 e. The predicted molar refractivity (Wildman–Crippen MR) is 86.1 cm³/mol. The number of nitrogens with one attached hydrogen (secondary N) is 1. The molecular weight excluding hydrogens is 262 g/mol. The molecule has 2 aromatic heterocycles. The first-order valence-electron chi connectivity index (χ1n) is 7.38. The van der Waals surface area contributed by atoms with E-state index in [1.54, 1.807) is 0 Å². The summed E-state index contributed by atoms with van der Waals surface area (Å²) in [4.78, 5) is 6.48. The third-order valence-corrected chi connectivity index (χ3v) is 3.34. The van der Waals surface area contributed by atoms with E-state index in [1.165, 1.54) is 11.1 Å². The molecule has 0 aromatic carbocycles. The van der Waals surface area contributed by atoms with Crippen LogP contribution >= 0.6 is 0 Å². The van der Waals surface area contributed by atoms with Crippen molar-refractivity contribution in [2.45, 2.75) is 26.9 Å². The summed E-state index contributed by atoms with van der Waals surface area (Å²) in [5.74, 6) is 0.656. The van der Waals surface area contributed by atoms with E-state index in [9.17, 15) is 0 Å². The fraction of sp³-hybridized carbons (Fsp3) is 0.500. The lowest BCUT2D eigenvalue weighted by atomic mass is 10.2. The SMILES string of the molecule is CC(C)CNCc1ccncc1N(C)Cc1cnn(C)c1. The molecule has 0 unspecified atom stereocenters. The maximum Gasteiger partial charge on any atom is 0.0598 e. The van der Waals surface area contributed by atoms with Gasteiger partial charge in [0.05, 0.1) is 18.1 Å². The van der Waals surface area contributed by atoms with Crippen LogP contribution in [-0.4, -0.2) is 28.4 Å². The smallest absolute Gasteiger partial charge is 0.0598 e. The van der Waals surface area contributed by atoms with Crippen molar-refractivity contribution in [3.8, 4) is 0 Å². The van der Waals surface area contributed by atoms with E-state index in [0.29, 0.717) is 5.92 Å². The zero-order chi connectivity index (χ0) is 15.2. The van der Waals surface area contributed by atoms with Crippen LogP contribution in [0.15, 0.2) is 30.9 Å². The highest BCUT2D eigenvalue weighted by Crippen LogP contribution is 2.19. The molecule has 2 aromatic rings. The van der Waals surface area contributed by atoms with E-state index >= 15 is 0 Å². The second kappa shape index (κ2) is 7.22. The van der Waals surface area contributed by atoms with E-state index < -0.39 is 0 Å². The number of pyridine rings is 1. The molecule has 0 atom stereocenters. The Morgan fingerprint density at radius 2 is 2.14 bits per heavy atom. The number of rotatable bonds is 7. The molecule has 0 saturated heterocycles. The van der Waals surface area contributed by atoms with Crippen LogP contribution in [0.2, 0.25) is 0 Å². The first-order valence-corrected chi connectivity index (χ1v) is 7.38. The lowest BCUT2D eigenvalue weighted by Gasteiger charge is -2.21. The molecular formula is C16H25N5. The van der Waals surface area contributed by atoms with Gasteiger partial charge in [-0.2, -0.15) is 5.10 Å². The van der Waals surface area contributed by atoms with E-state index in [-0.39, 0.29) is 0 Å². The van der Waals surface area contributed by atoms with Crippen LogP contribution in [0.1, 0.15) is 25.0 Å². The quantitative estimate of drug-likeness (QED) is 0.848. The summed E-state index contributed by atoms with van der Waals surface area (Å²) in [6.45, 7) is 7.15. The van der Waals surface area contributed by atoms with Crippen molar-refractivity contribution in [3.63, 3.8) is 0 Å². The van der Waals surface area contributed by atoms with Gasteiger partial charge in [0.25, 0.3) is 0 Å². The average molecular weight is 287 g/mol. The summed E-state index contributed by atoms with van der Waals surface area (Å²) >= 11 is 0. The summed E-state index contributed by atoms with van der Waals surface area (Å²) in [7, 11) is 4.03. The molecule has 21 heavy (non-hydrogen) atoms. The van der Waals surface area contributed by atoms with Crippen LogP contribution in [0, 0.1) is 5.92 Å². The predicted octanol–water partition coefficient (Wildman–Crippen LogP) is 2.20. The van der Waals surface area contributed by atoms with Gasteiger partial charge in [-0.1, -0.05) is 13.8 Å². The van der Waals surface area contributed by atoms with Crippen LogP contribution in [0.5, 0.6) is 0 Å². The number of anilines is 1.